The van der Waals surface area contributed by atoms with Gasteiger partial charge in [0, 0.05) is 29.2 Å². The number of hydrogen-bond acceptors (Lipinski definition) is 4. The lowest BCUT2D eigenvalue weighted by molar-refractivity contribution is -0.124. The molecule has 7 nitrogen and oxygen atoms in total. The quantitative estimate of drug-likeness (QED) is 0.690. The van der Waals surface area contributed by atoms with Crippen molar-refractivity contribution >= 4 is 23.1 Å². The Hall–Kier alpha value is -3.97. The summed E-state index contributed by atoms with van der Waals surface area (Å²) in [6.07, 6.45) is 8.08. The van der Waals surface area contributed by atoms with Crippen LogP contribution in [0.4, 0.5) is 0 Å². The van der Waals surface area contributed by atoms with Crippen molar-refractivity contribution in [1.82, 2.24) is 20.0 Å². The maximum atomic E-state index is 13.5. The van der Waals surface area contributed by atoms with Gasteiger partial charge in [0.25, 0.3) is 11.8 Å². The van der Waals surface area contributed by atoms with E-state index in [1.807, 2.05) is 47.0 Å². The fraction of sp³-hybridized carbons (Fsp3) is 0.125. The first-order chi connectivity index (χ1) is 15.2. The maximum absolute atomic E-state index is 13.5. The second kappa shape index (κ2) is 7.70. The van der Waals surface area contributed by atoms with Crippen molar-refractivity contribution in [3.05, 3.63) is 101 Å². The van der Waals surface area contributed by atoms with Gasteiger partial charge in [-0.2, -0.15) is 0 Å². The highest BCUT2D eigenvalue weighted by Crippen LogP contribution is 2.37. The second-order valence-electron chi connectivity index (χ2n) is 7.39. The molecule has 0 fully saturated rings. The first-order valence-electron chi connectivity index (χ1n) is 10.0. The molecule has 1 aliphatic carbocycles. The van der Waals surface area contributed by atoms with Crippen molar-refractivity contribution < 1.29 is 14.7 Å². The normalized spacial score (nSPS) is 15.0. The van der Waals surface area contributed by atoms with Crippen LogP contribution in [-0.2, 0) is 17.8 Å². The van der Waals surface area contributed by atoms with E-state index in [1.54, 1.807) is 18.3 Å². The zero-order chi connectivity index (χ0) is 21.4. The molecule has 3 heterocycles. The molecule has 0 saturated carbocycles. The summed E-state index contributed by atoms with van der Waals surface area (Å²) in [5.74, 6) is -0.733. The van der Waals surface area contributed by atoms with Gasteiger partial charge >= 0.3 is 0 Å². The number of nitrogens with one attached hydrogen (secondary N) is 1. The molecule has 0 saturated heterocycles. The van der Waals surface area contributed by atoms with Crippen molar-refractivity contribution in [3.63, 3.8) is 0 Å². The van der Waals surface area contributed by atoms with E-state index < -0.39 is 5.91 Å². The van der Waals surface area contributed by atoms with Crippen LogP contribution >= 0.6 is 0 Å². The standard InChI is InChI=1S/C24H20N4O3/c29-15-19-13-18-7-4-8-20-22(18)28(19)21(16-5-2-1-3-6-16)14-27(24(20)31)26-23(30)17-9-11-25-12-10-17/h1-3,5-6,8-14,29H,4,7,15H2,(H,26,30). The number of rotatable bonds is 4. The van der Waals surface area contributed by atoms with Crippen LogP contribution in [0, 0.1) is 0 Å². The Bertz CT molecular complexity index is 1230. The monoisotopic (exact) mass is 412 g/mol. The van der Waals surface area contributed by atoms with E-state index in [-0.39, 0.29) is 12.5 Å². The van der Waals surface area contributed by atoms with Crippen molar-refractivity contribution in [2.75, 3.05) is 0 Å². The smallest absolute Gasteiger partial charge is 0.278 e. The van der Waals surface area contributed by atoms with E-state index in [0.29, 0.717) is 22.5 Å². The van der Waals surface area contributed by atoms with E-state index in [0.717, 1.165) is 29.7 Å². The topological polar surface area (TPSA) is 87.5 Å². The minimum Gasteiger partial charge on any atom is -0.390 e. The van der Waals surface area contributed by atoms with Crippen molar-refractivity contribution in [2.45, 2.75) is 19.4 Å². The van der Waals surface area contributed by atoms with Crippen LogP contribution in [0.5, 0.6) is 0 Å². The lowest BCUT2D eigenvalue weighted by Gasteiger charge is -2.21. The Morgan fingerprint density at radius 2 is 1.90 bits per heavy atom. The highest BCUT2D eigenvalue weighted by molar-refractivity contribution is 6.21. The number of carbonyl (C=O) groups is 2. The van der Waals surface area contributed by atoms with E-state index in [2.05, 4.69) is 10.4 Å². The number of amides is 2. The van der Waals surface area contributed by atoms with Crippen LogP contribution in [0.2, 0.25) is 0 Å². The lowest BCUT2D eigenvalue weighted by Crippen LogP contribution is -2.42. The van der Waals surface area contributed by atoms with Crippen molar-refractivity contribution in [1.29, 1.82) is 0 Å². The van der Waals surface area contributed by atoms with E-state index in [4.69, 9.17) is 0 Å². The van der Waals surface area contributed by atoms with Gasteiger partial charge in [-0.25, -0.2) is 5.01 Å². The van der Waals surface area contributed by atoms with Crippen LogP contribution in [0.15, 0.2) is 73.2 Å². The number of hydrogen-bond donors (Lipinski definition) is 2. The molecule has 2 amide bonds. The molecule has 2 aromatic heterocycles. The Balaban J connectivity index is 1.67. The molecule has 1 aliphatic heterocycles. The van der Waals surface area contributed by atoms with Gasteiger partial charge in [0.15, 0.2) is 0 Å². The number of pyridine rings is 1. The molecular formula is C24H20N4O3. The molecule has 2 N–H and O–H groups in total. The van der Waals surface area contributed by atoms with Gasteiger partial charge in [-0.15, -0.1) is 0 Å². The van der Waals surface area contributed by atoms with Gasteiger partial charge in [0.2, 0.25) is 0 Å². The average Bonchev–Trinajstić information content (AvgIpc) is 3.15. The Morgan fingerprint density at radius 3 is 2.65 bits per heavy atom. The summed E-state index contributed by atoms with van der Waals surface area (Å²) < 4.78 is 1.92. The molecular weight excluding hydrogens is 392 g/mol. The molecule has 0 spiro atoms. The highest BCUT2D eigenvalue weighted by Gasteiger charge is 2.33. The number of allylic oxidation sites excluding steroid dienone is 1. The molecule has 0 atom stereocenters. The summed E-state index contributed by atoms with van der Waals surface area (Å²) in [4.78, 5) is 30.2. The fourth-order valence-corrected chi connectivity index (χ4v) is 4.10. The summed E-state index contributed by atoms with van der Waals surface area (Å²) in [5.41, 5.74) is 7.67. The second-order valence-corrected chi connectivity index (χ2v) is 7.39. The number of aliphatic hydroxyl groups excluding tert-OH is 1. The van der Waals surface area contributed by atoms with E-state index >= 15 is 0 Å². The van der Waals surface area contributed by atoms with Crippen molar-refractivity contribution in [2.24, 2.45) is 0 Å². The first-order valence-corrected chi connectivity index (χ1v) is 10.0. The number of carbonyl (C=O) groups excluding carboxylic acids is 2. The third-order valence-corrected chi connectivity index (χ3v) is 5.51. The molecule has 0 unspecified atom stereocenters. The molecule has 0 bridgehead atoms. The molecule has 7 heteroatoms. The van der Waals surface area contributed by atoms with Crippen LogP contribution < -0.4 is 5.43 Å². The van der Waals surface area contributed by atoms with Gasteiger partial charge in [-0.05, 0) is 36.6 Å². The van der Waals surface area contributed by atoms with Gasteiger partial charge < -0.3 is 9.67 Å². The minimum absolute atomic E-state index is 0.165. The number of nitrogens with zero attached hydrogens (tertiary/aromatic N) is 3. The van der Waals surface area contributed by atoms with Gasteiger partial charge in [0.1, 0.15) is 0 Å². The summed E-state index contributed by atoms with van der Waals surface area (Å²) in [6.45, 7) is -0.165. The lowest BCUT2D eigenvalue weighted by atomic mass is 9.96. The summed E-state index contributed by atoms with van der Waals surface area (Å²) in [6, 6.07) is 14.7. The zero-order valence-corrected chi connectivity index (χ0v) is 16.7. The molecule has 1 aromatic carbocycles. The van der Waals surface area contributed by atoms with Gasteiger partial charge in [-0.1, -0.05) is 36.4 Å². The predicted octanol–water partition coefficient (Wildman–Crippen LogP) is 2.74. The fourth-order valence-electron chi connectivity index (χ4n) is 4.10. The summed E-state index contributed by atoms with van der Waals surface area (Å²) in [7, 11) is 0. The number of aromatic nitrogens is 2. The molecule has 5 rings (SSSR count). The zero-order valence-electron chi connectivity index (χ0n) is 16.7. The average molecular weight is 412 g/mol. The Labute approximate surface area is 178 Å². The van der Waals surface area contributed by atoms with Crippen LogP contribution in [0.3, 0.4) is 0 Å². The Morgan fingerprint density at radius 1 is 1.13 bits per heavy atom. The number of benzene rings is 1. The van der Waals surface area contributed by atoms with Gasteiger partial charge in [0.05, 0.1) is 29.8 Å². The van der Waals surface area contributed by atoms with Crippen LogP contribution in [0.1, 0.15) is 39.3 Å². The predicted molar refractivity (Wildman–Crippen MR) is 115 cm³/mol. The Kier molecular flexibility index (Phi) is 4.72. The number of hydrazine groups is 1. The molecule has 0 radical (unpaired) electrons. The van der Waals surface area contributed by atoms with E-state index in [9.17, 15) is 14.7 Å². The molecule has 2 aliphatic rings. The summed E-state index contributed by atoms with van der Waals surface area (Å²) in [5, 5.41) is 11.3. The van der Waals surface area contributed by atoms with E-state index in [1.165, 1.54) is 17.4 Å². The minimum atomic E-state index is -0.412. The molecule has 154 valence electrons. The number of aryl methyl sites for hydroxylation is 1. The molecule has 3 aromatic rings. The first kappa shape index (κ1) is 19.0. The SMILES string of the molecule is O=C(NN1C=C(c2ccccc2)n2c(CO)cc3c2C(=CCC3)C1=O)c1ccncc1. The summed E-state index contributed by atoms with van der Waals surface area (Å²) >= 11 is 0. The van der Waals surface area contributed by atoms with Crippen LogP contribution in [0.25, 0.3) is 11.3 Å². The third kappa shape index (κ3) is 3.25. The highest BCUT2D eigenvalue weighted by atomic mass is 16.3. The third-order valence-electron chi connectivity index (χ3n) is 5.51. The largest absolute Gasteiger partial charge is 0.390 e. The maximum Gasteiger partial charge on any atom is 0.278 e. The van der Waals surface area contributed by atoms with Crippen LogP contribution in [-0.4, -0.2) is 31.5 Å². The molecule has 31 heavy (non-hydrogen) atoms. The van der Waals surface area contributed by atoms with Crippen molar-refractivity contribution in [3.8, 4) is 0 Å². The number of aliphatic hydroxyl groups is 1. The van der Waals surface area contributed by atoms with Gasteiger partial charge in [-0.3, -0.25) is 20.0 Å².